The van der Waals surface area contributed by atoms with E-state index < -0.39 is 36.1 Å². The van der Waals surface area contributed by atoms with Crippen LogP contribution in [0.5, 0.6) is 0 Å². The van der Waals surface area contributed by atoms with Crippen LogP contribution in [0.4, 0.5) is 9.59 Å². The topological polar surface area (TPSA) is 131 Å². The molecular formula is C16H19ClN4O5. The summed E-state index contributed by atoms with van der Waals surface area (Å²) in [5.74, 6) is -1.37. The normalized spacial score (nSPS) is 15.8. The molecule has 0 radical (unpaired) electrons. The largest absolute Gasteiger partial charge is 0.452 e. The predicted octanol–water partition coefficient (Wildman–Crippen LogP) is 0.923. The molecule has 1 aromatic rings. The Labute approximate surface area is 154 Å². The van der Waals surface area contributed by atoms with Crippen molar-refractivity contribution in [3.63, 3.8) is 0 Å². The first-order chi connectivity index (χ1) is 12.3. The summed E-state index contributed by atoms with van der Waals surface area (Å²) in [6, 6.07) is 4.47. The SMILES string of the molecule is C[C@@H](OC(=O)C[C@H](NC(N)=O)c1ccccc1Cl)C(=O)N1CCNC1=O. The monoisotopic (exact) mass is 382 g/mol. The maximum absolute atomic E-state index is 12.2. The van der Waals surface area contributed by atoms with Gasteiger partial charge in [-0.25, -0.2) is 9.59 Å². The molecule has 1 heterocycles. The molecule has 1 fully saturated rings. The van der Waals surface area contributed by atoms with Crippen molar-refractivity contribution in [3.05, 3.63) is 34.9 Å². The summed E-state index contributed by atoms with van der Waals surface area (Å²) in [4.78, 5) is 48.1. The second-order valence-corrected chi connectivity index (χ2v) is 6.05. The fourth-order valence-electron chi connectivity index (χ4n) is 2.53. The molecule has 9 nitrogen and oxygen atoms in total. The van der Waals surface area contributed by atoms with Gasteiger partial charge in [0.1, 0.15) is 0 Å². The summed E-state index contributed by atoms with van der Waals surface area (Å²) in [5.41, 5.74) is 5.64. The molecule has 4 N–H and O–H groups in total. The van der Waals surface area contributed by atoms with Crippen LogP contribution in [0, 0.1) is 0 Å². The van der Waals surface area contributed by atoms with Crippen LogP contribution in [0.3, 0.4) is 0 Å². The van der Waals surface area contributed by atoms with Crippen molar-refractivity contribution in [1.29, 1.82) is 0 Å². The number of urea groups is 2. The van der Waals surface area contributed by atoms with E-state index >= 15 is 0 Å². The average Bonchev–Trinajstić information content (AvgIpc) is 2.99. The maximum atomic E-state index is 12.2. The molecule has 1 saturated heterocycles. The molecule has 10 heteroatoms. The molecule has 1 aromatic carbocycles. The van der Waals surface area contributed by atoms with Crippen LogP contribution in [0.1, 0.15) is 24.9 Å². The summed E-state index contributed by atoms with van der Waals surface area (Å²) in [7, 11) is 0. The van der Waals surface area contributed by atoms with Crippen LogP contribution >= 0.6 is 11.6 Å². The molecule has 0 unspecified atom stereocenters. The first kappa shape index (κ1) is 19.5. The van der Waals surface area contributed by atoms with Crippen molar-refractivity contribution in [2.75, 3.05) is 13.1 Å². The van der Waals surface area contributed by atoms with Gasteiger partial charge in [-0.15, -0.1) is 0 Å². The number of amides is 5. The number of benzene rings is 1. The molecule has 1 aliphatic rings. The lowest BCUT2D eigenvalue weighted by atomic mass is 10.0. The van der Waals surface area contributed by atoms with E-state index in [1.54, 1.807) is 24.3 Å². The van der Waals surface area contributed by atoms with Crippen molar-refractivity contribution < 1.29 is 23.9 Å². The lowest BCUT2D eigenvalue weighted by Crippen LogP contribution is -2.42. The number of nitrogens with one attached hydrogen (secondary N) is 2. The summed E-state index contributed by atoms with van der Waals surface area (Å²) in [6.45, 7) is 1.94. The second-order valence-electron chi connectivity index (χ2n) is 5.64. The lowest BCUT2D eigenvalue weighted by molar-refractivity contribution is -0.157. The van der Waals surface area contributed by atoms with E-state index in [9.17, 15) is 19.2 Å². The summed E-state index contributed by atoms with van der Waals surface area (Å²) >= 11 is 6.09. The molecule has 0 spiro atoms. The molecular weight excluding hydrogens is 364 g/mol. The minimum atomic E-state index is -1.15. The van der Waals surface area contributed by atoms with Gasteiger partial charge in [0.2, 0.25) is 0 Å². The van der Waals surface area contributed by atoms with Gasteiger partial charge >= 0.3 is 18.0 Å². The van der Waals surface area contributed by atoms with E-state index in [1.165, 1.54) is 6.92 Å². The zero-order valence-corrected chi connectivity index (χ0v) is 14.8. The zero-order valence-electron chi connectivity index (χ0n) is 14.0. The van der Waals surface area contributed by atoms with Crippen molar-refractivity contribution in [1.82, 2.24) is 15.5 Å². The van der Waals surface area contributed by atoms with E-state index in [4.69, 9.17) is 22.1 Å². The van der Waals surface area contributed by atoms with Gasteiger partial charge in [0.25, 0.3) is 5.91 Å². The molecule has 2 atom stereocenters. The Kier molecular flexibility index (Phi) is 6.40. The van der Waals surface area contributed by atoms with E-state index in [-0.39, 0.29) is 13.0 Å². The first-order valence-electron chi connectivity index (χ1n) is 7.88. The molecule has 2 rings (SSSR count). The number of hydrogen-bond acceptors (Lipinski definition) is 5. The zero-order chi connectivity index (χ0) is 19.3. The fraction of sp³-hybridized carbons (Fsp3) is 0.375. The average molecular weight is 383 g/mol. The number of primary amides is 1. The number of esters is 1. The van der Waals surface area contributed by atoms with Gasteiger partial charge in [-0.1, -0.05) is 29.8 Å². The summed E-state index contributed by atoms with van der Waals surface area (Å²) < 4.78 is 5.10. The molecule has 0 saturated carbocycles. The highest BCUT2D eigenvalue weighted by Crippen LogP contribution is 2.25. The molecule has 0 bridgehead atoms. The smallest absolute Gasteiger partial charge is 0.324 e. The molecule has 1 aliphatic heterocycles. The number of imide groups is 1. The Morgan fingerprint density at radius 3 is 2.65 bits per heavy atom. The highest BCUT2D eigenvalue weighted by Gasteiger charge is 2.32. The number of hydrogen-bond donors (Lipinski definition) is 3. The third kappa shape index (κ3) is 4.85. The molecule has 5 amide bonds. The third-order valence-electron chi connectivity index (χ3n) is 3.75. The standard InChI is InChI=1S/C16H19ClN4O5/c1-9(14(23)21-7-6-19-16(21)25)26-13(22)8-12(20-15(18)24)10-4-2-3-5-11(10)17/h2-5,9,12H,6-8H2,1H3,(H,19,25)(H3,18,20,24)/t9-,12+/m1/s1. The van der Waals surface area contributed by atoms with Crippen LogP contribution in [0.15, 0.2) is 24.3 Å². The van der Waals surface area contributed by atoms with Gasteiger partial charge in [-0.3, -0.25) is 14.5 Å². The predicted molar refractivity (Wildman–Crippen MR) is 92.2 cm³/mol. The molecule has 0 aliphatic carbocycles. The van der Waals surface area contributed by atoms with Crippen molar-refractivity contribution >= 4 is 35.5 Å². The van der Waals surface area contributed by atoms with Gasteiger partial charge in [-0.05, 0) is 18.6 Å². The van der Waals surface area contributed by atoms with E-state index in [0.717, 1.165) is 4.90 Å². The summed E-state index contributed by atoms with van der Waals surface area (Å²) in [6.07, 6.45) is -1.43. The quantitative estimate of drug-likeness (QED) is 0.630. The highest BCUT2D eigenvalue weighted by atomic mass is 35.5. The van der Waals surface area contributed by atoms with Crippen LogP contribution in [-0.4, -0.2) is 48.0 Å². The van der Waals surface area contributed by atoms with Crippen LogP contribution in [0.25, 0.3) is 0 Å². The Morgan fingerprint density at radius 2 is 2.08 bits per heavy atom. The number of carbonyl (C=O) groups excluding carboxylic acids is 4. The number of rotatable bonds is 6. The van der Waals surface area contributed by atoms with E-state index in [1.807, 2.05) is 0 Å². The van der Waals surface area contributed by atoms with Gasteiger partial charge < -0.3 is 21.1 Å². The minimum absolute atomic E-state index is 0.213. The number of nitrogens with zero attached hydrogens (tertiary/aromatic N) is 1. The fourth-order valence-corrected chi connectivity index (χ4v) is 2.80. The lowest BCUT2D eigenvalue weighted by Gasteiger charge is -2.21. The number of halogens is 1. The second kappa shape index (κ2) is 8.52. The van der Waals surface area contributed by atoms with Crippen LogP contribution in [0.2, 0.25) is 5.02 Å². The van der Waals surface area contributed by atoms with E-state index in [2.05, 4.69) is 10.6 Å². The van der Waals surface area contributed by atoms with Crippen molar-refractivity contribution in [2.45, 2.75) is 25.5 Å². The van der Waals surface area contributed by atoms with Gasteiger partial charge in [0, 0.05) is 18.1 Å². The van der Waals surface area contributed by atoms with Gasteiger partial charge in [-0.2, -0.15) is 0 Å². The molecule has 26 heavy (non-hydrogen) atoms. The van der Waals surface area contributed by atoms with E-state index in [0.29, 0.717) is 17.1 Å². The Balaban J connectivity index is 2.02. The number of carbonyl (C=O) groups is 4. The Hall–Kier alpha value is -2.81. The Morgan fingerprint density at radius 1 is 1.38 bits per heavy atom. The first-order valence-corrected chi connectivity index (χ1v) is 8.26. The highest BCUT2D eigenvalue weighted by molar-refractivity contribution is 6.31. The van der Waals surface area contributed by atoms with Crippen LogP contribution in [-0.2, 0) is 14.3 Å². The minimum Gasteiger partial charge on any atom is -0.452 e. The van der Waals surface area contributed by atoms with Crippen LogP contribution < -0.4 is 16.4 Å². The van der Waals surface area contributed by atoms with Gasteiger partial charge in [0.15, 0.2) is 6.10 Å². The molecule has 0 aromatic heterocycles. The maximum Gasteiger partial charge on any atom is 0.324 e. The summed E-state index contributed by atoms with van der Waals surface area (Å²) in [5, 5.41) is 5.26. The Bertz CT molecular complexity index is 726. The van der Waals surface area contributed by atoms with Gasteiger partial charge in [0.05, 0.1) is 12.5 Å². The van der Waals surface area contributed by atoms with Crippen molar-refractivity contribution in [3.8, 4) is 0 Å². The molecule has 140 valence electrons. The number of ether oxygens (including phenoxy) is 1. The number of nitrogens with two attached hydrogens (primary N) is 1. The third-order valence-corrected chi connectivity index (χ3v) is 4.09. The van der Waals surface area contributed by atoms with Crippen molar-refractivity contribution in [2.24, 2.45) is 5.73 Å².